The van der Waals surface area contributed by atoms with E-state index in [1.165, 1.54) is 0 Å². The topological polar surface area (TPSA) is 64.6 Å². The smallest absolute Gasteiger partial charge is 0.408 e. The molecule has 0 aliphatic heterocycles. The van der Waals surface area contributed by atoms with E-state index >= 15 is 0 Å². The van der Waals surface area contributed by atoms with E-state index < -0.39 is 28.8 Å². The molecule has 1 N–H and O–H groups in total. The van der Waals surface area contributed by atoms with Crippen LogP contribution in [0.25, 0.3) is 0 Å². The minimum Gasteiger partial charge on any atom is -0.458 e. The van der Waals surface area contributed by atoms with Gasteiger partial charge in [-0.25, -0.2) is 9.59 Å². The first kappa shape index (κ1) is 19.3. The maximum Gasteiger partial charge on any atom is 0.408 e. The normalized spacial score (nSPS) is 25.9. The molecule has 1 unspecified atom stereocenters. The lowest BCUT2D eigenvalue weighted by atomic mass is 10.1. The number of alkyl carbamates (subject to hydrolysis) is 1. The van der Waals surface area contributed by atoms with Crippen LogP contribution in [0.1, 0.15) is 59.9 Å². The van der Waals surface area contributed by atoms with Gasteiger partial charge in [0.1, 0.15) is 11.2 Å². The fraction of sp³-hybridized carbons (Fsp3) is 0.600. The molecule has 138 valence electrons. The van der Waals surface area contributed by atoms with Crippen LogP contribution in [0.3, 0.4) is 0 Å². The maximum absolute atomic E-state index is 12.9. The van der Waals surface area contributed by atoms with Gasteiger partial charge >= 0.3 is 12.1 Å². The first-order chi connectivity index (χ1) is 11.4. The first-order valence-electron chi connectivity index (χ1n) is 8.66. The fourth-order valence-corrected chi connectivity index (χ4v) is 3.16. The molecular weight excluding hydrogens is 318 g/mol. The van der Waals surface area contributed by atoms with Crippen LogP contribution in [0.2, 0.25) is 0 Å². The molecule has 5 nitrogen and oxygen atoms in total. The molecule has 0 bridgehead atoms. The van der Waals surface area contributed by atoms with Crippen molar-refractivity contribution < 1.29 is 19.1 Å². The van der Waals surface area contributed by atoms with Gasteiger partial charge in [0.05, 0.1) is 0 Å². The molecule has 0 aromatic heterocycles. The molecule has 25 heavy (non-hydrogen) atoms. The summed E-state index contributed by atoms with van der Waals surface area (Å²) in [6.45, 7) is 12.8. The minimum absolute atomic E-state index is 0.0859. The third kappa shape index (κ3) is 4.33. The molecule has 1 fully saturated rings. The van der Waals surface area contributed by atoms with Gasteiger partial charge in [0.2, 0.25) is 0 Å². The molecule has 0 radical (unpaired) electrons. The first-order valence-corrected chi connectivity index (χ1v) is 8.66. The van der Waals surface area contributed by atoms with Crippen LogP contribution in [0, 0.1) is 5.92 Å². The fourth-order valence-electron chi connectivity index (χ4n) is 3.16. The lowest BCUT2D eigenvalue weighted by Gasteiger charge is -2.27. The van der Waals surface area contributed by atoms with Crippen molar-refractivity contribution in [3.8, 4) is 0 Å². The van der Waals surface area contributed by atoms with Crippen LogP contribution >= 0.6 is 0 Å². The summed E-state index contributed by atoms with van der Waals surface area (Å²) in [7, 11) is 0. The Morgan fingerprint density at radius 1 is 0.960 bits per heavy atom. The number of hydrogen-bond donors (Lipinski definition) is 1. The van der Waals surface area contributed by atoms with Gasteiger partial charge in [0.25, 0.3) is 0 Å². The Kier molecular flexibility index (Phi) is 4.90. The second-order valence-electron chi connectivity index (χ2n) is 8.67. The third-order valence-electron chi connectivity index (χ3n) is 4.20. The van der Waals surface area contributed by atoms with Crippen LogP contribution in [0.15, 0.2) is 30.3 Å². The van der Waals surface area contributed by atoms with Gasteiger partial charge in [-0.2, -0.15) is 0 Å². The highest BCUT2D eigenvalue weighted by atomic mass is 16.6. The van der Waals surface area contributed by atoms with Crippen molar-refractivity contribution in [3.05, 3.63) is 35.9 Å². The van der Waals surface area contributed by atoms with Gasteiger partial charge < -0.3 is 14.8 Å². The summed E-state index contributed by atoms with van der Waals surface area (Å²) in [6, 6.07) is 9.70. The molecule has 1 saturated carbocycles. The molecule has 0 heterocycles. The standard InChI is InChI=1S/C20H29NO4/c1-13-15(14-11-9-8-10-12-14)20(13,16(22)24-18(2,3)4)21-17(23)25-19(5,6)7/h8-13,15H,1-7H3,(H,21,23)/t13?,15-,20+/m1/s1. The lowest BCUT2D eigenvalue weighted by molar-refractivity contribution is -0.159. The zero-order valence-electron chi connectivity index (χ0n) is 16.2. The number of benzene rings is 1. The summed E-state index contributed by atoms with van der Waals surface area (Å²) < 4.78 is 11.0. The van der Waals surface area contributed by atoms with Crippen LogP contribution in [-0.4, -0.2) is 28.8 Å². The number of esters is 1. The molecule has 1 amide bonds. The van der Waals surface area contributed by atoms with Gasteiger partial charge in [0.15, 0.2) is 5.54 Å². The number of rotatable bonds is 3. The highest BCUT2D eigenvalue weighted by Crippen LogP contribution is 2.58. The molecule has 0 saturated heterocycles. The zero-order valence-corrected chi connectivity index (χ0v) is 16.2. The van der Waals surface area contributed by atoms with Gasteiger partial charge in [-0.1, -0.05) is 37.3 Å². The summed E-state index contributed by atoms with van der Waals surface area (Å²) in [5.41, 5.74) is -1.38. The Morgan fingerprint density at radius 2 is 1.48 bits per heavy atom. The summed E-state index contributed by atoms with van der Waals surface area (Å²) in [5.74, 6) is -0.652. The molecule has 0 spiro atoms. The Morgan fingerprint density at radius 3 is 1.96 bits per heavy atom. The van der Waals surface area contributed by atoms with Gasteiger partial charge in [-0.3, -0.25) is 0 Å². The molecular formula is C20H29NO4. The van der Waals surface area contributed by atoms with E-state index in [0.29, 0.717) is 0 Å². The summed E-state index contributed by atoms with van der Waals surface area (Å²) in [6.07, 6.45) is -0.608. The number of ether oxygens (including phenoxy) is 2. The predicted octanol–water partition coefficient (Wildman–Crippen LogP) is 4.03. The van der Waals surface area contributed by atoms with E-state index in [0.717, 1.165) is 5.56 Å². The average molecular weight is 347 g/mol. The van der Waals surface area contributed by atoms with E-state index in [-0.39, 0.29) is 11.8 Å². The predicted molar refractivity (Wildman–Crippen MR) is 96.3 cm³/mol. The number of amides is 1. The van der Waals surface area contributed by atoms with Gasteiger partial charge in [-0.15, -0.1) is 0 Å². The molecule has 2 rings (SSSR count). The van der Waals surface area contributed by atoms with E-state index in [1.807, 2.05) is 58.0 Å². The lowest BCUT2D eigenvalue weighted by Crippen LogP contribution is -2.50. The Hall–Kier alpha value is -2.04. The Balaban J connectivity index is 2.30. The molecule has 3 atom stereocenters. The third-order valence-corrected chi connectivity index (χ3v) is 4.20. The van der Waals surface area contributed by atoms with Crippen molar-refractivity contribution in [2.24, 2.45) is 5.92 Å². The van der Waals surface area contributed by atoms with Crippen LogP contribution in [0.4, 0.5) is 4.79 Å². The van der Waals surface area contributed by atoms with Gasteiger partial charge in [-0.05, 0) is 47.1 Å². The van der Waals surface area contributed by atoms with Crippen molar-refractivity contribution in [1.82, 2.24) is 5.32 Å². The van der Waals surface area contributed by atoms with Crippen molar-refractivity contribution in [2.75, 3.05) is 0 Å². The quantitative estimate of drug-likeness (QED) is 0.839. The van der Waals surface area contributed by atoms with Crippen molar-refractivity contribution >= 4 is 12.1 Å². The zero-order chi connectivity index (χ0) is 19.0. The van der Waals surface area contributed by atoms with Crippen molar-refractivity contribution in [1.29, 1.82) is 0 Å². The SMILES string of the molecule is CC1[C@H](c2ccccc2)[C@]1(NC(=O)OC(C)(C)C)C(=O)OC(C)(C)C. The largest absolute Gasteiger partial charge is 0.458 e. The van der Waals surface area contributed by atoms with E-state index in [1.54, 1.807) is 20.8 Å². The Labute approximate surface area is 150 Å². The maximum atomic E-state index is 12.9. The number of hydrogen-bond acceptors (Lipinski definition) is 4. The van der Waals surface area contributed by atoms with Gasteiger partial charge in [0, 0.05) is 11.8 Å². The molecule has 1 aromatic rings. The summed E-state index contributed by atoms with van der Waals surface area (Å²) in [4.78, 5) is 25.3. The number of carbonyl (C=O) groups excluding carboxylic acids is 2. The average Bonchev–Trinajstić information content (AvgIpc) is 3.01. The minimum atomic E-state index is -1.10. The van der Waals surface area contributed by atoms with Crippen LogP contribution < -0.4 is 5.32 Å². The summed E-state index contributed by atoms with van der Waals surface area (Å²) in [5, 5.41) is 2.81. The molecule has 1 aliphatic carbocycles. The van der Waals surface area contributed by atoms with Crippen molar-refractivity contribution in [2.45, 2.75) is 71.1 Å². The Bertz CT molecular complexity index is 642. The van der Waals surface area contributed by atoms with E-state index in [9.17, 15) is 9.59 Å². The van der Waals surface area contributed by atoms with Crippen LogP contribution in [0.5, 0.6) is 0 Å². The molecule has 5 heteroatoms. The van der Waals surface area contributed by atoms with E-state index in [4.69, 9.17) is 9.47 Å². The monoisotopic (exact) mass is 347 g/mol. The highest BCUT2D eigenvalue weighted by molar-refractivity contribution is 5.92. The molecule has 1 aliphatic rings. The second-order valence-corrected chi connectivity index (χ2v) is 8.67. The molecule has 1 aromatic carbocycles. The summed E-state index contributed by atoms with van der Waals surface area (Å²) >= 11 is 0. The van der Waals surface area contributed by atoms with Crippen molar-refractivity contribution in [3.63, 3.8) is 0 Å². The number of nitrogens with one attached hydrogen (secondary N) is 1. The van der Waals surface area contributed by atoms with E-state index in [2.05, 4.69) is 5.32 Å². The number of carbonyl (C=O) groups is 2. The van der Waals surface area contributed by atoms with Crippen LogP contribution in [-0.2, 0) is 14.3 Å². The second kappa shape index (κ2) is 6.36. The highest BCUT2D eigenvalue weighted by Gasteiger charge is 2.70.